The summed E-state index contributed by atoms with van der Waals surface area (Å²) in [4.78, 5) is 14.7. The molecule has 0 radical (unpaired) electrons. The standard InChI is InChI=1S/C27H38ClN3O4S/c1-30(2)27(22-7-5-4-6-8-22)23-11-9-21(10-12-23)19-29-26(32)20-35-18-17-31(3)36(33,34)25-15-13-24(28)14-16-25/h4-8,13-16,21,23,27H,9-12,17-20H2,1-3H3,(H,29,32). The lowest BCUT2D eigenvalue weighted by Gasteiger charge is -2.37. The molecular formula is C27H38ClN3O4S. The van der Waals surface area contributed by atoms with Crippen molar-refractivity contribution in [2.75, 3.05) is 47.4 Å². The molecule has 1 amide bonds. The first-order valence-corrected chi connectivity index (χ1v) is 14.3. The predicted octanol–water partition coefficient (Wildman–Crippen LogP) is 4.20. The molecule has 1 unspecified atom stereocenters. The minimum atomic E-state index is -3.62. The lowest BCUT2D eigenvalue weighted by molar-refractivity contribution is -0.126. The number of rotatable bonds is 12. The number of likely N-dealkylation sites (N-methyl/N-ethyl adjacent to an activating group) is 1. The maximum absolute atomic E-state index is 12.6. The van der Waals surface area contributed by atoms with Crippen LogP contribution in [0.3, 0.4) is 0 Å². The van der Waals surface area contributed by atoms with Crippen LogP contribution >= 0.6 is 11.6 Å². The quantitative estimate of drug-likeness (QED) is 0.412. The Labute approximate surface area is 220 Å². The zero-order valence-electron chi connectivity index (χ0n) is 21.4. The number of sulfonamides is 1. The summed E-state index contributed by atoms with van der Waals surface area (Å²) in [5.74, 6) is 0.911. The third-order valence-corrected chi connectivity index (χ3v) is 9.05. The number of carbonyl (C=O) groups excluding carboxylic acids is 1. The van der Waals surface area contributed by atoms with E-state index in [4.69, 9.17) is 16.3 Å². The van der Waals surface area contributed by atoms with Gasteiger partial charge in [-0.05, 0) is 81.4 Å². The zero-order chi connectivity index (χ0) is 26.1. The summed E-state index contributed by atoms with van der Waals surface area (Å²) in [5.41, 5.74) is 1.36. The molecular weight excluding hydrogens is 498 g/mol. The van der Waals surface area contributed by atoms with Crippen molar-refractivity contribution >= 4 is 27.5 Å². The number of carbonyl (C=O) groups is 1. The largest absolute Gasteiger partial charge is 0.370 e. The Kier molecular flexibility index (Phi) is 10.8. The van der Waals surface area contributed by atoms with E-state index in [1.54, 1.807) is 12.1 Å². The van der Waals surface area contributed by atoms with Crippen molar-refractivity contribution < 1.29 is 17.9 Å². The zero-order valence-corrected chi connectivity index (χ0v) is 23.0. The number of benzene rings is 2. The molecule has 9 heteroatoms. The SMILES string of the molecule is CN(C)C(c1ccccc1)C1CCC(CNC(=O)COCCN(C)S(=O)(=O)c2ccc(Cl)cc2)CC1. The molecule has 0 spiro atoms. The summed E-state index contributed by atoms with van der Waals surface area (Å²) in [6.45, 7) is 0.850. The van der Waals surface area contributed by atoms with Crippen LogP contribution in [-0.2, 0) is 19.6 Å². The molecule has 0 bridgehead atoms. The van der Waals surface area contributed by atoms with Gasteiger partial charge in [0.25, 0.3) is 0 Å². The molecule has 1 N–H and O–H groups in total. The molecule has 1 fully saturated rings. The fraction of sp³-hybridized carbons (Fsp3) is 0.519. The van der Waals surface area contributed by atoms with Gasteiger partial charge < -0.3 is 15.0 Å². The second kappa shape index (κ2) is 13.5. The molecule has 0 saturated heterocycles. The second-order valence-electron chi connectivity index (χ2n) is 9.74. The molecule has 3 rings (SSSR count). The summed E-state index contributed by atoms with van der Waals surface area (Å²) >= 11 is 5.83. The van der Waals surface area contributed by atoms with E-state index in [9.17, 15) is 13.2 Å². The molecule has 1 atom stereocenters. The third kappa shape index (κ3) is 8.02. The molecule has 198 valence electrons. The van der Waals surface area contributed by atoms with Gasteiger partial charge in [-0.1, -0.05) is 41.9 Å². The van der Waals surface area contributed by atoms with E-state index < -0.39 is 10.0 Å². The van der Waals surface area contributed by atoms with E-state index in [0.29, 0.717) is 29.4 Å². The molecule has 1 aliphatic carbocycles. The van der Waals surface area contributed by atoms with E-state index in [1.165, 1.54) is 29.0 Å². The summed E-state index contributed by atoms with van der Waals surface area (Å²) < 4.78 is 31.8. The van der Waals surface area contributed by atoms with Crippen LogP contribution in [0.1, 0.15) is 37.3 Å². The van der Waals surface area contributed by atoms with Crippen molar-refractivity contribution in [3.8, 4) is 0 Å². The molecule has 7 nitrogen and oxygen atoms in total. The number of amides is 1. The number of nitrogens with one attached hydrogen (secondary N) is 1. The van der Waals surface area contributed by atoms with Crippen LogP contribution in [-0.4, -0.2) is 71.0 Å². The summed E-state index contributed by atoms with van der Waals surface area (Å²) in [5, 5.41) is 3.46. The molecule has 2 aromatic carbocycles. The predicted molar refractivity (Wildman–Crippen MR) is 143 cm³/mol. The lowest BCUT2D eigenvalue weighted by atomic mass is 9.76. The van der Waals surface area contributed by atoms with E-state index in [2.05, 4.69) is 54.6 Å². The maximum Gasteiger partial charge on any atom is 0.246 e. The van der Waals surface area contributed by atoms with Crippen molar-refractivity contribution in [2.45, 2.75) is 36.6 Å². The van der Waals surface area contributed by atoms with Crippen molar-refractivity contribution in [3.63, 3.8) is 0 Å². The number of hydrogen-bond acceptors (Lipinski definition) is 5. The van der Waals surface area contributed by atoms with Crippen LogP contribution in [0.25, 0.3) is 0 Å². The number of nitrogens with zero attached hydrogens (tertiary/aromatic N) is 2. The van der Waals surface area contributed by atoms with Crippen LogP contribution in [0.4, 0.5) is 0 Å². The van der Waals surface area contributed by atoms with E-state index >= 15 is 0 Å². The monoisotopic (exact) mass is 535 g/mol. The first-order chi connectivity index (χ1) is 17.2. The number of ether oxygens (including phenoxy) is 1. The van der Waals surface area contributed by atoms with Gasteiger partial charge in [-0.2, -0.15) is 4.31 Å². The summed E-state index contributed by atoms with van der Waals surface area (Å²) in [6.07, 6.45) is 4.47. The highest BCUT2D eigenvalue weighted by atomic mass is 35.5. The van der Waals surface area contributed by atoms with E-state index in [1.807, 2.05) is 0 Å². The van der Waals surface area contributed by atoms with Crippen LogP contribution in [0.2, 0.25) is 5.02 Å². The smallest absolute Gasteiger partial charge is 0.246 e. The van der Waals surface area contributed by atoms with Crippen molar-refractivity contribution in [3.05, 3.63) is 65.2 Å². The van der Waals surface area contributed by atoms with Crippen LogP contribution in [0.15, 0.2) is 59.5 Å². The minimum absolute atomic E-state index is 0.0825. The summed E-state index contributed by atoms with van der Waals surface area (Å²) in [6, 6.07) is 17.1. The fourth-order valence-corrected chi connectivity index (χ4v) is 6.20. The first kappa shape index (κ1) is 28.6. The number of hydrogen-bond donors (Lipinski definition) is 1. The van der Waals surface area contributed by atoms with Gasteiger partial charge in [-0.3, -0.25) is 4.79 Å². The first-order valence-electron chi connectivity index (χ1n) is 12.5. The Morgan fingerprint density at radius 3 is 2.28 bits per heavy atom. The number of halogens is 1. The van der Waals surface area contributed by atoms with Gasteiger partial charge in [0.2, 0.25) is 15.9 Å². The Morgan fingerprint density at radius 1 is 1.03 bits per heavy atom. The van der Waals surface area contributed by atoms with Gasteiger partial charge >= 0.3 is 0 Å². The highest BCUT2D eigenvalue weighted by Crippen LogP contribution is 2.39. The topological polar surface area (TPSA) is 79.0 Å². The van der Waals surface area contributed by atoms with Crippen LogP contribution in [0.5, 0.6) is 0 Å². The second-order valence-corrected chi connectivity index (χ2v) is 12.2. The molecule has 1 saturated carbocycles. The molecule has 1 aliphatic rings. The molecule has 2 aromatic rings. The molecule has 0 aliphatic heterocycles. The molecule has 0 heterocycles. The van der Waals surface area contributed by atoms with Crippen LogP contribution in [0, 0.1) is 11.8 Å². The van der Waals surface area contributed by atoms with Crippen molar-refractivity contribution in [1.82, 2.24) is 14.5 Å². The summed E-state index contributed by atoms with van der Waals surface area (Å²) in [7, 11) is 2.16. The Hall–Kier alpha value is -1.97. The van der Waals surface area contributed by atoms with Gasteiger partial charge in [0.1, 0.15) is 6.61 Å². The van der Waals surface area contributed by atoms with Crippen molar-refractivity contribution in [1.29, 1.82) is 0 Å². The minimum Gasteiger partial charge on any atom is -0.370 e. The Bertz CT molecular complexity index is 1060. The van der Waals surface area contributed by atoms with Gasteiger partial charge in [0.05, 0.1) is 11.5 Å². The normalized spacial score (nSPS) is 19.4. The van der Waals surface area contributed by atoms with Crippen molar-refractivity contribution in [2.24, 2.45) is 11.8 Å². The van der Waals surface area contributed by atoms with Gasteiger partial charge in [0, 0.05) is 31.2 Å². The van der Waals surface area contributed by atoms with Gasteiger partial charge in [0.15, 0.2) is 0 Å². The Morgan fingerprint density at radius 2 is 1.67 bits per heavy atom. The lowest BCUT2D eigenvalue weighted by Crippen LogP contribution is -2.36. The van der Waals surface area contributed by atoms with Gasteiger partial charge in [-0.25, -0.2) is 8.42 Å². The Balaban J connectivity index is 1.34. The van der Waals surface area contributed by atoms with Crippen LogP contribution < -0.4 is 5.32 Å². The third-order valence-electron chi connectivity index (χ3n) is 6.93. The fourth-order valence-electron chi connectivity index (χ4n) is 4.92. The highest BCUT2D eigenvalue weighted by Gasteiger charge is 2.30. The molecule has 0 aromatic heterocycles. The maximum atomic E-state index is 12.6. The average Bonchev–Trinajstić information content (AvgIpc) is 2.87. The van der Waals surface area contributed by atoms with E-state index in [0.717, 1.165) is 25.7 Å². The molecule has 36 heavy (non-hydrogen) atoms. The van der Waals surface area contributed by atoms with Gasteiger partial charge in [-0.15, -0.1) is 0 Å². The highest BCUT2D eigenvalue weighted by molar-refractivity contribution is 7.89. The average molecular weight is 536 g/mol. The van der Waals surface area contributed by atoms with E-state index in [-0.39, 0.29) is 30.6 Å².